The Morgan fingerprint density at radius 1 is 1.03 bits per heavy atom. The van der Waals surface area contributed by atoms with E-state index in [0.717, 1.165) is 22.0 Å². The molecule has 0 spiro atoms. The fourth-order valence-electron chi connectivity index (χ4n) is 2.74. The van der Waals surface area contributed by atoms with Crippen molar-refractivity contribution in [3.05, 3.63) is 82.0 Å². The second-order valence-electron chi connectivity index (χ2n) is 6.13. The molecule has 29 heavy (non-hydrogen) atoms. The third kappa shape index (κ3) is 4.87. The van der Waals surface area contributed by atoms with Crippen LogP contribution < -0.4 is 5.32 Å². The van der Waals surface area contributed by atoms with E-state index in [1.54, 1.807) is 11.3 Å². The largest absolute Gasteiger partial charge is 0.350 e. The number of thiophene rings is 1. The van der Waals surface area contributed by atoms with Crippen LogP contribution in [-0.2, 0) is 11.3 Å². The van der Waals surface area contributed by atoms with Crippen LogP contribution in [-0.4, -0.2) is 26.4 Å². The quantitative estimate of drug-likeness (QED) is 0.408. The molecule has 0 radical (unpaired) electrons. The molecule has 8 heteroatoms. The first-order chi connectivity index (χ1) is 14.2. The van der Waals surface area contributed by atoms with Crippen LogP contribution >= 0.6 is 34.7 Å². The van der Waals surface area contributed by atoms with Crippen molar-refractivity contribution in [2.24, 2.45) is 0 Å². The Morgan fingerprint density at radius 2 is 1.83 bits per heavy atom. The Hall–Kier alpha value is -2.61. The van der Waals surface area contributed by atoms with Crippen LogP contribution in [0.1, 0.15) is 4.88 Å². The summed E-state index contributed by atoms with van der Waals surface area (Å²) in [5.74, 6) is 0.927. The van der Waals surface area contributed by atoms with E-state index in [2.05, 4.69) is 15.5 Å². The molecule has 2 heterocycles. The van der Waals surface area contributed by atoms with Gasteiger partial charge in [-0.2, -0.15) is 0 Å². The lowest BCUT2D eigenvalue weighted by molar-refractivity contribution is -0.118. The number of carbonyl (C=O) groups is 1. The smallest absolute Gasteiger partial charge is 0.230 e. The minimum atomic E-state index is -0.0460. The summed E-state index contributed by atoms with van der Waals surface area (Å²) < 4.78 is 1.95. The first kappa shape index (κ1) is 19.7. The minimum Gasteiger partial charge on any atom is -0.350 e. The molecule has 0 aliphatic carbocycles. The highest BCUT2D eigenvalue weighted by Crippen LogP contribution is 2.28. The summed E-state index contributed by atoms with van der Waals surface area (Å²) in [6, 6.07) is 21.3. The van der Waals surface area contributed by atoms with Gasteiger partial charge in [0, 0.05) is 21.2 Å². The van der Waals surface area contributed by atoms with E-state index in [9.17, 15) is 4.79 Å². The van der Waals surface area contributed by atoms with Crippen molar-refractivity contribution in [3.63, 3.8) is 0 Å². The van der Waals surface area contributed by atoms with Crippen LogP contribution in [0.3, 0.4) is 0 Å². The van der Waals surface area contributed by atoms with Gasteiger partial charge in [0.15, 0.2) is 11.0 Å². The molecule has 4 rings (SSSR count). The Bertz CT molecular complexity index is 1080. The molecular formula is C21H17ClN4OS2. The number of carbonyl (C=O) groups excluding carboxylic acids is 1. The van der Waals surface area contributed by atoms with Crippen LogP contribution in [0.4, 0.5) is 0 Å². The highest BCUT2D eigenvalue weighted by molar-refractivity contribution is 7.99. The Kier molecular flexibility index (Phi) is 6.29. The molecule has 1 N–H and O–H groups in total. The average molecular weight is 441 g/mol. The number of benzene rings is 2. The van der Waals surface area contributed by atoms with Gasteiger partial charge >= 0.3 is 0 Å². The highest BCUT2D eigenvalue weighted by Gasteiger charge is 2.17. The zero-order valence-corrected chi connectivity index (χ0v) is 17.7. The van der Waals surface area contributed by atoms with Gasteiger partial charge < -0.3 is 5.32 Å². The van der Waals surface area contributed by atoms with Crippen molar-refractivity contribution in [3.8, 4) is 17.1 Å². The zero-order valence-electron chi connectivity index (χ0n) is 15.3. The summed E-state index contributed by atoms with van der Waals surface area (Å²) in [6.45, 7) is 0.538. The number of hydrogen-bond acceptors (Lipinski definition) is 5. The van der Waals surface area contributed by atoms with E-state index in [1.807, 2.05) is 76.7 Å². The molecule has 0 aliphatic heterocycles. The van der Waals surface area contributed by atoms with E-state index in [-0.39, 0.29) is 11.7 Å². The lowest BCUT2D eigenvalue weighted by Gasteiger charge is -2.10. The number of thioether (sulfide) groups is 1. The molecule has 146 valence electrons. The maximum Gasteiger partial charge on any atom is 0.230 e. The van der Waals surface area contributed by atoms with Crippen LogP contribution in [0.25, 0.3) is 17.1 Å². The van der Waals surface area contributed by atoms with Crippen LogP contribution in [0.5, 0.6) is 0 Å². The van der Waals surface area contributed by atoms with Crippen LogP contribution in [0, 0.1) is 0 Å². The number of halogens is 1. The van der Waals surface area contributed by atoms with Crippen molar-refractivity contribution in [1.82, 2.24) is 20.1 Å². The topological polar surface area (TPSA) is 59.8 Å². The molecule has 0 saturated heterocycles. The summed E-state index contributed by atoms with van der Waals surface area (Å²) >= 11 is 9.03. The fourth-order valence-corrected chi connectivity index (χ4v) is 4.29. The zero-order chi connectivity index (χ0) is 20.1. The number of hydrogen-bond donors (Lipinski definition) is 1. The molecule has 2 aromatic carbocycles. The summed E-state index contributed by atoms with van der Waals surface area (Å²) in [6.07, 6.45) is 0. The van der Waals surface area contributed by atoms with Crippen LogP contribution in [0.2, 0.25) is 5.02 Å². The van der Waals surface area contributed by atoms with Crippen molar-refractivity contribution in [1.29, 1.82) is 0 Å². The molecule has 5 nitrogen and oxygen atoms in total. The SMILES string of the molecule is O=C(CSc1nnc(-c2ccccc2)n1-c1ccc(Cl)cc1)NCc1cccs1. The minimum absolute atomic E-state index is 0.0460. The number of nitrogens with one attached hydrogen (secondary N) is 1. The molecule has 0 unspecified atom stereocenters. The summed E-state index contributed by atoms with van der Waals surface area (Å²) in [7, 11) is 0. The maximum atomic E-state index is 12.3. The van der Waals surface area contributed by atoms with Gasteiger partial charge in [-0.05, 0) is 35.7 Å². The predicted octanol–water partition coefficient (Wildman–Crippen LogP) is 5.06. The van der Waals surface area contributed by atoms with E-state index in [0.29, 0.717) is 16.7 Å². The number of aromatic nitrogens is 3. The summed E-state index contributed by atoms with van der Waals surface area (Å²) in [4.78, 5) is 13.4. The summed E-state index contributed by atoms with van der Waals surface area (Å²) in [5.41, 5.74) is 1.84. The first-order valence-corrected chi connectivity index (χ1v) is 11.1. The Labute approximate surface area is 181 Å². The van der Waals surface area contributed by atoms with Gasteiger partial charge in [-0.3, -0.25) is 9.36 Å². The lowest BCUT2D eigenvalue weighted by Crippen LogP contribution is -2.24. The second kappa shape index (κ2) is 9.26. The van der Waals surface area contributed by atoms with Gasteiger partial charge in [0.1, 0.15) is 0 Å². The average Bonchev–Trinajstić information content (AvgIpc) is 3.42. The fraction of sp³-hybridized carbons (Fsp3) is 0.0952. The highest BCUT2D eigenvalue weighted by atomic mass is 35.5. The Balaban J connectivity index is 1.55. The third-order valence-corrected chi connectivity index (χ3v) is 6.18. The summed E-state index contributed by atoms with van der Waals surface area (Å²) in [5, 5.41) is 15.0. The van der Waals surface area contributed by atoms with E-state index >= 15 is 0 Å². The molecule has 1 amide bonds. The third-order valence-electron chi connectivity index (χ3n) is 4.12. The Morgan fingerprint density at radius 3 is 2.55 bits per heavy atom. The van der Waals surface area contributed by atoms with E-state index in [4.69, 9.17) is 11.6 Å². The van der Waals surface area contributed by atoms with Crippen LogP contribution in [0.15, 0.2) is 77.3 Å². The molecular weight excluding hydrogens is 424 g/mol. The van der Waals surface area contributed by atoms with Crippen molar-refractivity contribution in [2.75, 3.05) is 5.75 Å². The normalized spacial score (nSPS) is 10.8. The standard InChI is InChI=1S/C21H17ClN4OS2/c22-16-8-10-17(11-9-16)26-20(15-5-2-1-3-6-15)24-25-21(26)29-14-19(27)23-13-18-7-4-12-28-18/h1-12H,13-14H2,(H,23,27). The van der Waals surface area contributed by atoms with Gasteiger partial charge in [-0.15, -0.1) is 21.5 Å². The van der Waals surface area contributed by atoms with E-state index < -0.39 is 0 Å². The number of amides is 1. The molecule has 4 aromatic rings. The number of rotatable bonds is 7. The maximum absolute atomic E-state index is 12.3. The second-order valence-corrected chi connectivity index (χ2v) is 8.54. The first-order valence-electron chi connectivity index (χ1n) is 8.89. The molecule has 0 fully saturated rings. The van der Waals surface area contributed by atoms with Crippen molar-refractivity contribution >= 4 is 40.6 Å². The molecule has 0 atom stereocenters. The lowest BCUT2D eigenvalue weighted by atomic mass is 10.2. The monoisotopic (exact) mass is 440 g/mol. The molecule has 2 aromatic heterocycles. The predicted molar refractivity (Wildman–Crippen MR) is 119 cm³/mol. The van der Waals surface area contributed by atoms with Crippen molar-refractivity contribution < 1.29 is 4.79 Å². The van der Waals surface area contributed by atoms with Crippen molar-refractivity contribution in [2.45, 2.75) is 11.7 Å². The van der Waals surface area contributed by atoms with E-state index in [1.165, 1.54) is 11.8 Å². The van der Waals surface area contributed by atoms with Gasteiger partial charge in [0.2, 0.25) is 5.91 Å². The van der Waals surface area contributed by atoms with Gasteiger partial charge in [0.25, 0.3) is 0 Å². The molecule has 0 bridgehead atoms. The molecule has 0 aliphatic rings. The van der Waals surface area contributed by atoms with Gasteiger partial charge in [-0.25, -0.2) is 0 Å². The van der Waals surface area contributed by atoms with Gasteiger partial charge in [-0.1, -0.05) is 59.8 Å². The molecule has 0 saturated carbocycles. The number of nitrogens with zero attached hydrogens (tertiary/aromatic N) is 3. The van der Waals surface area contributed by atoms with Gasteiger partial charge in [0.05, 0.1) is 12.3 Å².